The van der Waals surface area contributed by atoms with Gasteiger partial charge >= 0.3 is 0 Å². The maximum absolute atomic E-state index is 12.5. The Balaban J connectivity index is 1.63. The van der Waals surface area contributed by atoms with Crippen LogP contribution in [-0.4, -0.2) is 61.0 Å². The van der Waals surface area contributed by atoms with Crippen LogP contribution >= 0.6 is 11.6 Å². The van der Waals surface area contributed by atoms with Crippen molar-refractivity contribution >= 4 is 17.5 Å². The van der Waals surface area contributed by atoms with E-state index in [-0.39, 0.29) is 5.91 Å². The van der Waals surface area contributed by atoms with Gasteiger partial charge in [0.15, 0.2) is 0 Å². The van der Waals surface area contributed by atoms with Crippen molar-refractivity contribution in [1.82, 2.24) is 15.1 Å². The number of carbonyl (C=O) groups is 1. The van der Waals surface area contributed by atoms with Crippen molar-refractivity contribution in [2.75, 3.05) is 39.3 Å². The molecule has 0 unspecified atom stereocenters. The summed E-state index contributed by atoms with van der Waals surface area (Å²) in [5.74, 6) is 0.0568. The summed E-state index contributed by atoms with van der Waals surface area (Å²) in [6, 6.07) is 6.29. The van der Waals surface area contributed by atoms with E-state index in [1.165, 1.54) is 0 Å². The second-order valence-corrected chi connectivity index (χ2v) is 6.03. The predicted molar refractivity (Wildman–Crippen MR) is 80.3 cm³/mol. The average Bonchev–Trinajstić information content (AvgIpc) is 2.37. The van der Waals surface area contributed by atoms with Gasteiger partial charge in [0.05, 0.1) is 10.6 Å². The number of hydrogen-bond acceptors (Lipinski definition) is 3. The summed E-state index contributed by atoms with van der Waals surface area (Å²) in [5.41, 5.74) is 1.70. The molecule has 5 heteroatoms. The number of hydrogen-bond donors (Lipinski definition) is 1. The molecule has 3 rings (SSSR count). The Labute approximate surface area is 124 Å². The molecule has 4 nitrogen and oxygen atoms in total. The molecule has 0 spiro atoms. The third-order valence-electron chi connectivity index (χ3n) is 4.23. The average molecular weight is 294 g/mol. The molecule has 0 bridgehead atoms. The van der Waals surface area contributed by atoms with E-state index in [1.807, 2.05) is 30.0 Å². The van der Waals surface area contributed by atoms with Gasteiger partial charge in [-0.15, -0.1) is 0 Å². The topological polar surface area (TPSA) is 35.6 Å². The van der Waals surface area contributed by atoms with Crippen LogP contribution in [0.15, 0.2) is 18.2 Å². The fraction of sp³-hybridized carbons (Fsp3) is 0.533. The number of carbonyl (C=O) groups excluding carboxylic acids is 1. The lowest BCUT2D eigenvalue weighted by atomic mass is 10.1. The lowest BCUT2D eigenvalue weighted by molar-refractivity contribution is 0.0502. The highest BCUT2D eigenvalue weighted by Gasteiger charge is 2.29. The van der Waals surface area contributed by atoms with Gasteiger partial charge in [0.25, 0.3) is 5.91 Å². The number of nitrogens with zero attached hydrogens (tertiary/aromatic N) is 2. The quantitative estimate of drug-likeness (QED) is 0.895. The van der Waals surface area contributed by atoms with E-state index in [0.29, 0.717) is 16.6 Å². The third-order valence-corrected chi connectivity index (χ3v) is 4.55. The lowest BCUT2D eigenvalue weighted by Gasteiger charge is -2.43. The first kappa shape index (κ1) is 13.9. The van der Waals surface area contributed by atoms with Crippen LogP contribution in [-0.2, 0) is 0 Å². The predicted octanol–water partition coefficient (Wildman–Crippen LogP) is 1.38. The molecule has 0 aliphatic carbocycles. The molecule has 0 aromatic heterocycles. The summed E-state index contributed by atoms with van der Waals surface area (Å²) >= 11 is 6.19. The molecule has 2 saturated heterocycles. The Kier molecular flexibility index (Phi) is 3.96. The minimum atomic E-state index is 0.0568. The Hall–Kier alpha value is -1.10. The van der Waals surface area contributed by atoms with Gasteiger partial charge in [0.1, 0.15) is 0 Å². The minimum absolute atomic E-state index is 0.0568. The minimum Gasteiger partial charge on any atom is -0.336 e. The molecule has 1 aromatic rings. The van der Waals surface area contributed by atoms with Crippen molar-refractivity contribution in [3.63, 3.8) is 0 Å². The molecule has 1 aromatic carbocycles. The number of aryl methyl sites for hydroxylation is 1. The van der Waals surface area contributed by atoms with Crippen LogP contribution in [0.4, 0.5) is 0 Å². The van der Waals surface area contributed by atoms with Crippen molar-refractivity contribution in [3.8, 4) is 0 Å². The van der Waals surface area contributed by atoms with Crippen molar-refractivity contribution in [2.24, 2.45) is 0 Å². The summed E-state index contributed by atoms with van der Waals surface area (Å²) in [5, 5.41) is 3.85. The fourth-order valence-electron chi connectivity index (χ4n) is 2.79. The molecule has 108 valence electrons. The smallest absolute Gasteiger partial charge is 0.255 e. The fourth-order valence-corrected chi connectivity index (χ4v) is 3.10. The molecule has 2 fully saturated rings. The second-order valence-electron chi connectivity index (χ2n) is 5.62. The Morgan fingerprint density at radius 2 is 1.95 bits per heavy atom. The zero-order valence-electron chi connectivity index (χ0n) is 11.7. The van der Waals surface area contributed by atoms with Crippen molar-refractivity contribution in [2.45, 2.75) is 13.0 Å². The van der Waals surface area contributed by atoms with Crippen molar-refractivity contribution < 1.29 is 4.79 Å². The first-order valence-electron chi connectivity index (χ1n) is 7.15. The van der Waals surface area contributed by atoms with Gasteiger partial charge in [0, 0.05) is 45.3 Å². The maximum atomic E-state index is 12.5. The number of halogens is 1. The zero-order valence-corrected chi connectivity index (χ0v) is 12.5. The highest BCUT2D eigenvalue weighted by molar-refractivity contribution is 6.33. The number of piperazine rings is 1. The summed E-state index contributed by atoms with van der Waals surface area (Å²) in [7, 11) is 0. The summed E-state index contributed by atoms with van der Waals surface area (Å²) in [6.07, 6.45) is 0. The largest absolute Gasteiger partial charge is 0.336 e. The van der Waals surface area contributed by atoms with E-state index in [1.54, 1.807) is 0 Å². The normalized spacial score (nSPS) is 20.8. The Morgan fingerprint density at radius 1 is 1.25 bits per heavy atom. The van der Waals surface area contributed by atoms with Gasteiger partial charge in [-0.1, -0.05) is 17.7 Å². The monoisotopic (exact) mass is 293 g/mol. The first-order chi connectivity index (χ1) is 9.65. The number of amides is 1. The van der Waals surface area contributed by atoms with Gasteiger partial charge in [-0.25, -0.2) is 0 Å². The van der Waals surface area contributed by atoms with Gasteiger partial charge in [-0.05, 0) is 24.6 Å². The van der Waals surface area contributed by atoms with E-state index in [9.17, 15) is 4.79 Å². The summed E-state index contributed by atoms with van der Waals surface area (Å²) < 4.78 is 0. The van der Waals surface area contributed by atoms with Gasteiger partial charge in [0.2, 0.25) is 0 Å². The number of rotatable bonds is 2. The molecule has 1 N–H and O–H groups in total. The molecule has 0 saturated carbocycles. The van der Waals surface area contributed by atoms with E-state index in [2.05, 4.69) is 10.2 Å². The lowest BCUT2D eigenvalue weighted by Crippen LogP contribution is -2.62. The SMILES string of the molecule is Cc1ccc(C(=O)N2CCN(C3CNC3)CC2)c(Cl)c1. The summed E-state index contributed by atoms with van der Waals surface area (Å²) in [4.78, 5) is 16.9. The first-order valence-corrected chi connectivity index (χ1v) is 7.53. The molecule has 1 amide bonds. The molecular formula is C15H20ClN3O. The number of nitrogens with one attached hydrogen (secondary N) is 1. The highest BCUT2D eigenvalue weighted by Crippen LogP contribution is 2.20. The van der Waals surface area contributed by atoms with E-state index < -0.39 is 0 Å². The van der Waals surface area contributed by atoms with Crippen molar-refractivity contribution in [3.05, 3.63) is 34.3 Å². The van der Waals surface area contributed by atoms with Crippen LogP contribution in [0, 0.1) is 6.92 Å². The Bertz CT molecular complexity index is 508. The van der Waals surface area contributed by atoms with Crippen molar-refractivity contribution in [1.29, 1.82) is 0 Å². The number of benzene rings is 1. The molecule has 20 heavy (non-hydrogen) atoms. The Morgan fingerprint density at radius 3 is 2.50 bits per heavy atom. The molecule has 0 radical (unpaired) electrons. The van der Waals surface area contributed by atoms with Crippen LogP contribution in [0.3, 0.4) is 0 Å². The van der Waals surface area contributed by atoms with Crippen LogP contribution in [0.1, 0.15) is 15.9 Å². The molecule has 2 aliphatic rings. The van der Waals surface area contributed by atoms with Crippen LogP contribution < -0.4 is 5.32 Å². The van der Waals surface area contributed by atoms with E-state index >= 15 is 0 Å². The zero-order chi connectivity index (χ0) is 14.1. The summed E-state index contributed by atoms with van der Waals surface area (Å²) in [6.45, 7) is 7.64. The molecule has 2 aliphatic heterocycles. The van der Waals surface area contributed by atoms with E-state index in [0.717, 1.165) is 44.8 Å². The highest BCUT2D eigenvalue weighted by atomic mass is 35.5. The molecule has 2 heterocycles. The van der Waals surface area contributed by atoms with E-state index in [4.69, 9.17) is 11.6 Å². The third kappa shape index (κ3) is 2.68. The second kappa shape index (κ2) is 5.72. The van der Waals surface area contributed by atoms with Crippen LogP contribution in [0.2, 0.25) is 5.02 Å². The van der Waals surface area contributed by atoms with Gasteiger partial charge < -0.3 is 10.2 Å². The van der Waals surface area contributed by atoms with Gasteiger partial charge in [-0.3, -0.25) is 9.69 Å². The standard InChI is InChI=1S/C15H20ClN3O/c1-11-2-3-13(14(16)8-11)15(20)19-6-4-18(5-7-19)12-9-17-10-12/h2-3,8,12,17H,4-7,9-10H2,1H3. The van der Waals surface area contributed by atoms with Crippen LogP contribution in [0.25, 0.3) is 0 Å². The maximum Gasteiger partial charge on any atom is 0.255 e. The van der Waals surface area contributed by atoms with Gasteiger partial charge in [-0.2, -0.15) is 0 Å². The molecular weight excluding hydrogens is 274 g/mol. The molecule has 0 atom stereocenters. The van der Waals surface area contributed by atoms with Crippen LogP contribution in [0.5, 0.6) is 0 Å².